The zero-order valence-electron chi connectivity index (χ0n) is 10.7. The molecule has 1 fully saturated rings. The number of hydrogen-bond donors (Lipinski definition) is 0. The summed E-state index contributed by atoms with van der Waals surface area (Å²) in [6.45, 7) is -6.05. The Morgan fingerprint density at radius 2 is 2.88 bits per heavy atom. The number of carbonyl (C=O) groups is 1. The van der Waals surface area contributed by atoms with Crippen molar-refractivity contribution in [2.45, 2.75) is 11.2 Å². The van der Waals surface area contributed by atoms with E-state index in [1.807, 2.05) is 0 Å². The number of alkyl halides is 1. The summed E-state index contributed by atoms with van der Waals surface area (Å²) in [6, 6.07) is 0. The highest BCUT2D eigenvalue weighted by Crippen LogP contribution is 2.09. The van der Waals surface area contributed by atoms with Crippen molar-refractivity contribution in [3.63, 3.8) is 0 Å². The molecule has 0 amide bonds. The lowest BCUT2D eigenvalue weighted by Gasteiger charge is -2.14. The summed E-state index contributed by atoms with van der Waals surface area (Å²) in [6.07, 6.45) is -3.08. The molecule has 8 heavy (non-hydrogen) atoms. The first-order valence-electron chi connectivity index (χ1n) is 5.30. The van der Waals surface area contributed by atoms with E-state index in [4.69, 9.17) is 9.60 Å². The van der Waals surface area contributed by atoms with E-state index >= 15 is 0 Å². The molecule has 1 aliphatic heterocycles. The van der Waals surface area contributed by atoms with E-state index in [9.17, 15) is 4.79 Å². The van der Waals surface area contributed by atoms with Gasteiger partial charge in [-0.2, -0.15) is 0 Å². The lowest BCUT2D eigenvalue weighted by Crippen LogP contribution is -2.27. The number of ether oxygens (including phenoxy) is 1. The molecule has 0 N–H and O–H groups in total. The molecule has 0 bridgehead atoms. The average Bonchev–Trinajstić information content (AvgIpc) is 1.98. The highest BCUT2D eigenvalue weighted by atomic mass is 79.9. The fourth-order valence-corrected chi connectivity index (χ4v) is 0.423. The minimum Gasteiger partial charge on any atom is -0.379 e. The van der Waals surface area contributed by atoms with E-state index in [0.29, 0.717) is 0 Å². The standard InChI is InChI=1S/C5H7BrO2/c6-4-3-8-2-1-5(4)7/h4H,1-3H2/i1D2,2D2,3D2,4D. The SMILES string of the molecule is [2H]C1([2H])OC([2H])([2H])C([2H])(Br)C(=O)C1([2H])[2H]. The first-order chi connectivity index (χ1) is 6.36. The lowest BCUT2D eigenvalue weighted by molar-refractivity contribution is -0.123. The van der Waals surface area contributed by atoms with E-state index in [2.05, 4.69) is 20.7 Å². The predicted octanol–water partition coefficient (Wildman–Crippen LogP) is 0.739. The van der Waals surface area contributed by atoms with E-state index in [0.717, 1.165) is 0 Å². The summed E-state index contributed by atoms with van der Waals surface area (Å²) in [5.41, 5.74) is 0. The van der Waals surface area contributed by atoms with Gasteiger partial charge in [-0.3, -0.25) is 4.79 Å². The van der Waals surface area contributed by atoms with Crippen molar-refractivity contribution in [3.05, 3.63) is 0 Å². The van der Waals surface area contributed by atoms with Gasteiger partial charge in [0, 0.05) is 9.11 Å². The van der Waals surface area contributed by atoms with Gasteiger partial charge in [0.05, 0.1) is 24.8 Å². The van der Waals surface area contributed by atoms with Crippen LogP contribution in [0, 0.1) is 0 Å². The molecule has 0 radical (unpaired) electrons. The van der Waals surface area contributed by atoms with Gasteiger partial charge < -0.3 is 4.74 Å². The molecule has 1 heterocycles. The molecule has 0 spiro atoms. The smallest absolute Gasteiger partial charge is 0.151 e. The fraction of sp³-hybridized carbons (Fsp3) is 0.800. The van der Waals surface area contributed by atoms with Gasteiger partial charge in [0.15, 0.2) is 5.78 Å². The van der Waals surface area contributed by atoms with Crippen LogP contribution in [0.4, 0.5) is 0 Å². The van der Waals surface area contributed by atoms with Crippen LogP contribution in [-0.4, -0.2) is 23.7 Å². The Bertz CT molecular complexity index is 285. The number of Topliss-reactive ketones (excluding diaryl/α,β-unsaturated/α-hetero) is 1. The molecule has 0 aromatic heterocycles. The van der Waals surface area contributed by atoms with Crippen LogP contribution in [0.1, 0.15) is 16.0 Å². The Morgan fingerprint density at radius 1 is 2.12 bits per heavy atom. The van der Waals surface area contributed by atoms with Gasteiger partial charge in [0.25, 0.3) is 0 Å². The molecule has 1 saturated heterocycles. The lowest BCUT2D eigenvalue weighted by atomic mass is 10.2. The Kier molecular flexibility index (Phi) is 0.583. The number of rotatable bonds is 0. The average molecular weight is 186 g/mol. The van der Waals surface area contributed by atoms with Crippen molar-refractivity contribution in [2.75, 3.05) is 13.1 Å². The maximum atomic E-state index is 11.4. The third kappa shape index (κ3) is 1.29. The van der Waals surface area contributed by atoms with Crippen LogP contribution in [0.15, 0.2) is 0 Å². The van der Waals surface area contributed by atoms with E-state index < -0.39 is 30.1 Å². The van der Waals surface area contributed by atoms with Gasteiger partial charge >= 0.3 is 0 Å². The van der Waals surface area contributed by atoms with Gasteiger partial charge in [-0.05, 0) is 0 Å². The quantitative estimate of drug-likeness (QED) is 0.521. The minimum absolute atomic E-state index is 1.55. The number of carbonyl (C=O) groups excluding carboxylic acids is 1. The van der Waals surface area contributed by atoms with Gasteiger partial charge in [-0.25, -0.2) is 0 Å². The highest BCUT2D eigenvalue weighted by Gasteiger charge is 2.18. The molecule has 3 heteroatoms. The zero-order chi connectivity index (χ0) is 12.3. The molecule has 46 valence electrons. The van der Waals surface area contributed by atoms with Crippen molar-refractivity contribution in [2.24, 2.45) is 0 Å². The summed E-state index contributed by atoms with van der Waals surface area (Å²) < 4.78 is 54.4. The van der Waals surface area contributed by atoms with Crippen molar-refractivity contribution in [3.8, 4) is 0 Å². The topological polar surface area (TPSA) is 26.3 Å². The molecule has 1 atom stereocenters. The van der Waals surface area contributed by atoms with E-state index in [1.165, 1.54) is 0 Å². The van der Waals surface area contributed by atoms with Gasteiger partial charge in [0.2, 0.25) is 0 Å². The molecule has 0 saturated carbocycles. The first kappa shape index (κ1) is 1.80. The van der Waals surface area contributed by atoms with Crippen LogP contribution in [0.5, 0.6) is 0 Å². The predicted molar refractivity (Wildman–Crippen MR) is 33.2 cm³/mol. The largest absolute Gasteiger partial charge is 0.379 e. The molecule has 0 aliphatic carbocycles. The summed E-state index contributed by atoms with van der Waals surface area (Å²) >= 11 is 2.42. The van der Waals surface area contributed by atoms with Gasteiger partial charge in [0.1, 0.15) is 0 Å². The van der Waals surface area contributed by atoms with Gasteiger partial charge in [-0.15, -0.1) is 0 Å². The normalized spacial score (nSPS) is 71.6. The van der Waals surface area contributed by atoms with E-state index in [1.54, 1.807) is 0 Å². The third-order valence-corrected chi connectivity index (χ3v) is 1.08. The van der Waals surface area contributed by atoms with Crippen molar-refractivity contribution in [1.29, 1.82) is 0 Å². The van der Waals surface area contributed by atoms with Crippen LogP contribution in [0.3, 0.4) is 0 Å². The fourth-order valence-electron chi connectivity index (χ4n) is 0.243. The summed E-state index contributed by atoms with van der Waals surface area (Å²) in [5.74, 6) is -1.55. The zero-order valence-corrected chi connectivity index (χ0v) is 5.28. The Labute approximate surface area is 66.2 Å². The molecule has 0 aromatic rings. The van der Waals surface area contributed by atoms with E-state index in [-0.39, 0.29) is 0 Å². The van der Waals surface area contributed by atoms with Crippen molar-refractivity contribution in [1.82, 2.24) is 0 Å². The van der Waals surface area contributed by atoms with Crippen LogP contribution in [0.2, 0.25) is 0 Å². The Balaban J connectivity index is 3.31. The Hall–Kier alpha value is 0.110. The number of hydrogen-bond acceptors (Lipinski definition) is 2. The van der Waals surface area contributed by atoms with Crippen LogP contribution in [-0.2, 0) is 9.53 Å². The second-order valence-corrected chi connectivity index (χ2v) is 1.87. The molecule has 2 nitrogen and oxygen atoms in total. The monoisotopic (exact) mass is 185 g/mol. The van der Waals surface area contributed by atoms with Crippen LogP contribution < -0.4 is 0 Å². The van der Waals surface area contributed by atoms with Gasteiger partial charge in [-0.1, -0.05) is 15.9 Å². The summed E-state index contributed by atoms with van der Waals surface area (Å²) in [7, 11) is 0. The number of ketones is 1. The maximum Gasteiger partial charge on any atom is 0.151 e. The second kappa shape index (κ2) is 2.60. The highest BCUT2D eigenvalue weighted by molar-refractivity contribution is 9.10. The third-order valence-electron chi connectivity index (χ3n) is 0.556. The number of halogens is 1. The first-order valence-corrected chi connectivity index (χ1v) is 2.59. The molecule has 1 unspecified atom stereocenters. The second-order valence-electron chi connectivity index (χ2n) is 1.07. The van der Waals surface area contributed by atoms with Crippen LogP contribution in [0.25, 0.3) is 0 Å². The molecule has 1 rings (SSSR count). The molecular formula is C5H7BrO2. The molecule has 1 aliphatic rings. The minimum atomic E-state index is -3.11. The van der Waals surface area contributed by atoms with Crippen molar-refractivity contribution < 1.29 is 19.1 Å². The van der Waals surface area contributed by atoms with Crippen LogP contribution >= 0.6 is 15.9 Å². The maximum absolute atomic E-state index is 11.4. The van der Waals surface area contributed by atoms with Crippen molar-refractivity contribution >= 4 is 21.7 Å². The summed E-state index contributed by atoms with van der Waals surface area (Å²) in [4.78, 5) is 8.77. The Morgan fingerprint density at radius 3 is 3.62 bits per heavy atom. The molecular weight excluding hydrogens is 172 g/mol. The summed E-state index contributed by atoms with van der Waals surface area (Å²) in [5, 5.41) is 0. The molecule has 0 aromatic carbocycles.